The molecule has 0 rings (SSSR count). The quantitative estimate of drug-likeness (QED) is 0.508. The van der Waals surface area contributed by atoms with Crippen molar-refractivity contribution < 1.29 is 0 Å². The third-order valence-electron chi connectivity index (χ3n) is 4.84. The molecule has 0 aliphatic rings. The maximum atomic E-state index is 2.99. The highest BCUT2D eigenvalue weighted by Gasteiger charge is 2.38. The van der Waals surface area contributed by atoms with E-state index < -0.39 is 16.1 Å². The van der Waals surface area contributed by atoms with E-state index in [4.69, 9.17) is 0 Å². The molecule has 0 amide bonds. The second-order valence-corrected chi connectivity index (χ2v) is 15.8. The zero-order chi connectivity index (χ0) is 11.9. The Labute approximate surface area is 99.9 Å². The molecule has 0 N–H and O–H groups in total. The van der Waals surface area contributed by atoms with Crippen LogP contribution in [0.5, 0.6) is 0 Å². The summed E-state index contributed by atoms with van der Waals surface area (Å²) in [6.07, 6.45) is 0. The van der Waals surface area contributed by atoms with Gasteiger partial charge < -0.3 is 0 Å². The fourth-order valence-electron chi connectivity index (χ4n) is 2.76. The Morgan fingerprint density at radius 2 is 0.733 bits per heavy atom. The Balaban J connectivity index is 4.74. The van der Waals surface area contributed by atoms with Gasteiger partial charge in [0.05, 0.1) is 16.1 Å². The van der Waals surface area contributed by atoms with E-state index in [9.17, 15) is 0 Å². The molecule has 0 saturated heterocycles. The van der Waals surface area contributed by atoms with Gasteiger partial charge in [-0.2, -0.15) is 0 Å². The molecule has 0 aromatic carbocycles. The van der Waals surface area contributed by atoms with Gasteiger partial charge in [-0.15, -0.1) is 0 Å². The topological polar surface area (TPSA) is 0 Å². The average molecular weight is 244 g/mol. The smallest absolute Gasteiger partial charge is 0.0529 e. The zero-order valence-electron chi connectivity index (χ0n) is 11.8. The molecule has 0 fully saturated rings. The van der Waals surface area contributed by atoms with E-state index in [-0.39, 0.29) is 0 Å². The minimum Gasteiger partial charge on any atom is -0.0678 e. The predicted molar refractivity (Wildman–Crippen MR) is 78.7 cm³/mol. The molecule has 0 aromatic heterocycles. The van der Waals surface area contributed by atoms with Crippen molar-refractivity contribution in [1.82, 2.24) is 0 Å². The van der Waals surface area contributed by atoms with Gasteiger partial charge >= 0.3 is 0 Å². The van der Waals surface area contributed by atoms with E-state index in [1.54, 1.807) is 0 Å². The third kappa shape index (κ3) is 3.74. The first kappa shape index (κ1) is 15.4. The highest BCUT2D eigenvalue weighted by atomic mass is 28.4. The molecule has 0 saturated carbocycles. The van der Waals surface area contributed by atoms with Crippen molar-refractivity contribution in [1.29, 1.82) is 0 Å². The molecule has 15 heavy (non-hydrogen) atoms. The van der Waals surface area contributed by atoms with Crippen LogP contribution in [0.4, 0.5) is 0 Å². The number of rotatable bonds is 8. The van der Waals surface area contributed by atoms with Crippen molar-refractivity contribution in [2.75, 3.05) is 0 Å². The Kier molecular flexibility index (Phi) is 7.10. The molecule has 91 valence electrons. The first-order valence-electron chi connectivity index (χ1n) is 6.94. The molecule has 0 unspecified atom stereocenters. The van der Waals surface area contributed by atoms with Gasteiger partial charge in [0.15, 0.2) is 0 Å². The van der Waals surface area contributed by atoms with Gasteiger partial charge in [0.2, 0.25) is 0 Å². The van der Waals surface area contributed by atoms with Crippen molar-refractivity contribution in [3.63, 3.8) is 0 Å². The van der Waals surface area contributed by atoms with Crippen LogP contribution in [-0.4, -0.2) is 16.1 Å². The van der Waals surface area contributed by atoms with E-state index in [0.29, 0.717) is 0 Å². The summed E-state index contributed by atoms with van der Waals surface area (Å²) >= 11 is 0. The van der Waals surface area contributed by atoms with E-state index in [0.717, 1.165) is 0 Å². The molecular formula is C13H31Si2. The molecule has 0 aromatic rings. The highest BCUT2D eigenvalue weighted by molar-refractivity contribution is 7.02. The molecule has 0 aliphatic carbocycles. The molecule has 0 nitrogen and oxygen atoms in total. The maximum absolute atomic E-state index is 2.99. The maximum Gasteiger partial charge on any atom is 0.0529 e. The lowest BCUT2D eigenvalue weighted by molar-refractivity contribution is 1.14. The Morgan fingerprint density at radius 1 is 0.533 bits per heavy atom. The fourth-order valence-corrected chi connectivity index (χ4v) is 15.9. The average Bonchev–Trinajstić information content (AvgIpc) is 2.33. The number of hydrogen-bond donors (Lipinski definition) is 0. The van der Waals surface area contributed by atoms with Crippen LogP contribution in [-0.2, 0) is 0 Å². The van der Waals surface area contributed by atoms with Gasteiger partial charge in [-0.1, -0.05) is 83.5 Å². The van der Waals surface area contributed by atoms with Crippen LogP contribution in [0.3, 0.4) is 0 Å². The molecule has 0 aliphatic heterocycles. The summed E-state index contributed by atoms with van der Waals surface area (Å²) in [4.78, 5) is 0. The summed E-state index contributed by atoms with van der Waals surface area (Å²) < 4.78 is 0. The van der Waals surface area contributed by atoms with Crippen LogP contribution in [0, 0.1) is 5.67 Å². The van der Waals surface area contributed by atoms with Crippen LogP contribution < -0.4 is 0 Å². The summed E-state index contributed by atoms with van der Waals surface area (Å²) in [6, 6.07) is 8.80. The summed E-state index contributed by atoms with van der Waals surface area (Å²) in [5.41, 5.74) is 2.99. The summed E-state index contributed by atoms with van der Waals surface area (Å²) in [7, 11) is -1.96. The van der Waals surface area contributed by atoms with Crippen molar-refractivity contribution in [3.05, 3.63) is 5.67 Å². The lowest BCUT2D eigenvalue weighted by atomic mass is 10.9. The molecular weight excluding hydrogens is 212 g/mol. The molecule has 0 heterocycles. The number of hydrogen-bond acceptors (Lipinski definition) is 0. The summed E-state index contributed by atoms with van der Waals surface area (Å²) in [5, 5.41) is 0. The van der Waals surface area contributed by atoms with Gasteiger partial charge in [-0.3, -0.25) is 0 Å². The van der Waals surface area contributed by atoms with Gasteiger partial charge in [-0.25, -0.2) is 0 Å². The van der Waals surface area contributed by atoms with Crippen molar-refractivity contribution in [3.8, 4) is 0 Å². The van der Waals surface area contributed by atoms with Crippen molar-refractivity contribution in [2.45, 2.75) is 77.8 Å². The largest absolute Gasteiger partial charge is 0.0678 e. The molecule has 0 spiro atoms. The molecule has 0 bridgehead atoms. The van der Waals surface area contributed by atoms with Crippen LogP contribution in [0.15, 0.2) is 0 Å². The lowest BCUT2D eigenvalue weighted by Gasteiger charge is -2.38. The minimum absolute atomic E-state index is 0.979. The Hall–Kier alpha value is 0.434. The third-order valence-corrected chi connectivity index (χ3v) is 18.2. The van der Waals surface area contributed by atoms with Crippen LogP contribution in [0.2, 0.25) is 36.3 Å². The SMILES string of the molecule is CC[Si]([CH][Si](CC)(CC)CC)(CC)CC. The molecule has 2 heteroatoms. The van der Waals surface area contributed by atoms with Crippen molar-refractivity contribution >= 4 is 16.1 Å². The summed E-state index contributed by atoms with van der Waals surface area (Å²) in [5.74, 6) is 0. The van der Waals surface area contributed by atoms with E-state index in [1.807, 2.05) is 0 Å². The van der Waals surface area contributed by atoms with E-state index >= 15 is 0 Å². The highest BCUT2D eigenvalue weighted by Crippen LogP contribution is 2.33. The fraction of sp³-hybridized carbons (Fsp3) is 0.923. The second kappa shape index (κ2) is 6.90. The standard InChI is InChI=1S/C13H31Si2/c1-7-14(8-2,9-3)13-15(10-4,11-5)12-6/h13H,7-12H2,1-6H3. The first-order valence-corrected chi connectivity index (χ1v) is 12.3. The van der Waals surface area contributed by atoms with Gasteiger partial charge in [0.25, 0.3) is 0 Å². The van der Waals surface area contributed by atoms with Gasteiger partial charge in [-0.05, 0) is 0 Å². The molecule has 0 atom stereocenters. The van der Waals surface area contributed by atoms with E-state index in [2.05, 4.69) is 47.2 Å². The van der Waals surface area contributed by atoms with Crippen LogP contribution in [0.25, 0.3) is 0 Å². The summed E-state index contributed by atoms with van der Waals surface area (Å²) in [6.45, 7) is 14.6. The second-order valence-electron chi connectivity index (χ2n) is 4.99. The Morgan fingerprint density at radius 3 is 0.867 bits per heavy atom. The first-order chi connectivity index (χ1) is 7.07. The van der Waals surface area contributed by atoms with Crippen LogP contribution in [0.1, 0.15) is 41.5 Å². The lowest BCUT2D eigenvalue weighted by Crippen LogP contribution is -2.47. The molecule has 1 radical (unpaired) electrons. The predicted octanol–water partition coefficient (Wildman–Crippen LogP) is 5.29. The monoisotopic (exact) mass is 243 g/mol. The zero-order valence-corrected chi connectivity index (χ0v) is 13.8. The van der Waals surface area contributed by atoms with E-state index in [1.165, 1.54) is 36.3 Å². The van der Waals surface area contributed by atoms with Crippen molar-refractivity contribution in [2.24, 2.45) is 0 Å². The van der Waals surface area contributed by atoms with Gasteiger partial charge in [0, 0.05) is 0 Å². The van der Waals surface area contributed by atoms with Gasteiger partial charge in [0.1, 0.15) is 0 Å². The van der Waals surface area contributed by atoms with Crippen LogP contribution >= 0.6 is 0 Å². The normalized spacial score (nSPS) is 13.2. The minimum atomic E-state index is -0.979. The Bertz CT molecular complexity index is 123.